The third-order valence-electron chi connectivity index (χ3n) is 9.74. The van der Waals surface area contributed by atoms with Gasteiger partial charge >= 0.3 is 0 Å². The van der Waals surface area contributed by atoms with Gasteiger partial charge in [-0.05, 0) is 60.8 Å². The van der Waals surface area contributed by atoms with Gasteiger partial charge in [0.1, 0.15) is 17.9 Å². The molecule has 0 spiro atoms. The number of hydrogen-bond donors (Lipinski definition) is 1. The van der Waals surface area contributed by atoms with E-state index < -0.39 is 12.0 Å². The minimum Gasteiger partial charge on any atom is -0.346 e. The van der Waals surface area contributed by atoms with Crippen molar-refractivity contribution >= 4 is 34.5 Å². The van der Waals surface area contributed by atoms with E-state index in [1.54, 1.807) is 0 Å². The molecule has 1 amide bonds. The lowest BCUT2D eigenvalue weighted by Crippen LogP contribution is -2.43. The smallest absolute Gasteiger partial charge is 0.224 e. The van der Waals surface area contributed by atoms with Crippen LogP contribution in [-0.4, -0.2) is 29.8 Å². The third kappa shape index (κ3) is 12.8. The molecule has 0 aliphatic heterocycles. The molecule has 2 aromatic carbocycles. The van der Waals surface area contributed by atoms with Crippen molar-refractivity contribution in [3.63, 3.8) is 0 Å². The lowest BCUT2D eigenvalue weighted by molar-refractivity contribution is -0.133. The standard InChI is InChI=1S/C40H59NO4/c1-4-5-6-7-8-9-10-11-12-19-33(26-32-22-17-21-31-18-13-15-23-37(31)32)39(44)28-35(25-30(2)3)40(45)41-36(29-42)27-34-20-14-16-24-38(34)43/h13,15,17-18,21-23,29-30,33-36H,4-12,14,16,19-20,24-28H2,1-3H3,(H,41,45)/t33-,34-,35+,36-/m0/s1. The zero-order chi connectivity index (χ0) is 32.4. The van der Waals surface area contributed by atoms with Crippen LogP contribution >= 0.6 is 0 Å². The van der Waals surface area contributed by atoms with Crippen LogP contribution in [0.5, 0.6) is 0 Å². The molecule has 1 aliphatic rings. The normalized spacial score (nSPS) is 17.2. The molecule has 0 unspecified atom stereocenters. The van der Waals surface area contributed by atoms with E-state index in [4.69, 9.17) is 0 Å². The Hall–Kier alpha value is -2.82. The Labute approximate surface area is 272 Å². The highest BCUT2D eigenvalue weighted by molar-refractivity contribution is 5.90. The number of nitrogens with one attached hydrogen (secondary N) is 1. The summed E-state index contributed by atoms with van der Waals surface area (Å²) < 4.78 is 0. The van der Waals surface area contributed by atoms with Gasteiger partial charge < -0.3 is 10.1 Å². The number of amides is 1. The molecule has 1 fully saturated rings. The number of unbranched alkanes of at least 4 members (excludes halogenated alkanes) is 8. The monoisotopic (exact) mass is 617 g/mol. The van der Waals surface area contributed by atoms with E-state index in [1.807, 2.05) is 6.07 Å². The molecule has 248 valence electrons. The van der Waals surface area contributed by atoms with Gasteiger partial charge in [-0.15, -0.1) is 0 Å². The molecule has 45 heavy (non-hydrogen) atoms. The van der Waals surface area contributed by atoms with Crippen molar-refractivity contribution < 1.29 is 19.2 Å². The topological polar surface area (TPSA) is 80.3 Å². The Bertz CT molecular complexity index is 1200. The first-order valence-electron chi connectivity index (χ1n) is 18.1. The average Bonchev–Trinajstić information content (AvgIpc) is 3.03. The first-order valence-corrected chi connectivity index (χ1v) is 18.1. The second-order valence-corrected chi connectivity index (χ2v) is 14.0. The minimum atomic E-state index is -0.692. The van der Waals surface area contributed by atoms with Gasteiger partial charge in [-0.3, -0.25) is 14.4 Å². The summed E-state index contributed by atoms with van der Waals surface area (Å²) in [6.07, 6.45) is 17.8. The van der Waals surface area contributed by atoms with Gasteiger partial charge in [0.25, 0.3) is 0 Å². The SMILES string of the molecule is CCCCCCCCCCC[C@@H](Cc1cccc2ccccc12)C(=O)C[C@@H](CC(C)C)C(=O)N[C@H](C=O)C[C@@H]1CCCCC1=O. The van der Waals surface area contributed by atoms with Crippen LogP contribution in [0.3, 0.4) is 0 Å². The van der Waals surface area contributed by atoms with E-state index in [0.717, 1.165) is 44.8 Å². The van der Waals surface area contributed by atoms with Crippen LogP contribution in [0.25, 0.3) is 10.8 Å². The lowest BCUT2D eigenvalue weighted by atomic mass is 9.82. The van der Waals surface area contributed by atoms with E-state index in [9.17, 15) is 19.2 Å². The van der Waals surface area contributed by atoms with Gasteiger partial charge in [0.05, 0.1) is 6.04 Å². The number of Topliss-reactive ketones (excluding diaryl/α,β-unsaturated/α-hetero) is 2. The largest absolute Gasteiger partial charge is 0.346 e. The lowest BCUT2D eigenvalue weighted by Gasteiger charge is -2.26. The van der Waals surface area contributed by atoms with Crippen LogP contribution in [0.2, 0.25) is 0 Å². The molecule has 4 atom stereocenters. The predicted octanol–water partition coefficient (Wildman–Crippen LogP) is 9.37. The Morgan fingerprint density at radius 3 is 2.27 bits per heavy atom. The molecular weight excluding hydrogens is 558 g/mol. The Kier molecular flexibility index (Phi) is 16.6. The summed E-state index contributed by atoms with van der Waals surface area (Å²) in [6.45, 7) is 6.38. The Morgan fingerprint density at radius 1 is 0.889 bits per heavy atom. The molecule has 1 aliphatic carbocycles. The molecule has 5 heteroatoms. The number of carbonyl (C=O) groups excluding carboxylic acids is 4. The first kappa shape index (κ1) is 36.6. The summed E-state index contributed by atoms with van der Waals surface area (Å²) in [5.41, 5.74) is 1.19. The van der Waals surface area contributed by atoms with Crippen molar-refractivity contribution in [3.05, 3.63) is 48.0 Å². The summed E-state index contributed by atoms with van der Waals surface area (Å²) in [5.74, 6) is -0.454. The molecule has 1 saturated carbocycles. The van der Waals surface area contributed by atoms with Crippen molar-refractivity contribution in [2.24, 2.45) is 23.7 Å². The van der Waals surface area contributed by atoms with Gasteiger partial charge in [0.2, 0.25) is 5.91 Å². The number of rotatable bonds is 22. The molecule has 0 radical (unpaired) electrons. The van der Waals surface area contributed by atoms with Crippen LogP contribution in [0.4, 0.5) is 0 Å². The van der Waals surface area contributed by atoms with Crippen LogP contribution < -0.4 is 5.32 Å². The number of ketones is 2. The predicted molar refractivity (Wildman–Crippen MR) is 185 cm³/mol. The highest BCUT2D eigenvalue weighted by Gasteiger charge is 2.31. The highest BCUT2D eigenvalue weighted by atomic mass is 16.2. The van der Waals surface area contributed by atoms with Crippen LogP contribution in [-0.2, 0) is 25.6 Å². The molecular formula is C40H59NO4. The zero-order valence-electron chi connectivity index (χ0n) is 28.4. The fraction of sp³-hybridized carbons (Fsp3) is 0.650. The van der Waals surface area contributed by atoms with Crippen molar-refractivity contribution in [1.82, 2.24) is 5.32 Å². The van der Waals surface area contributed by atoms with E-state index in [-0.39, 0.29) is 41.6 Å². The number of carbonyl (C=O) groups is 4. The quantitative estimate of drug-likeness (QED) is 0.105. The average molecular weight is 618 g/mol. The summed E-state index contributed by atoms with van der Waals surface area (Å²) in [6, 6.07) is 14.0. The van der Waals surface area contributed by atoms with Crippen LogP contribution in [0.15, 0.2) is 42.5 Å². The second-order valence-electron chi connectivity index (χ2n) is 14.0. The Balaban J connectivity index is 1.67. The molecule has 1 N–H and O–H groups in total. The zero-order valence-corrected chi connectivity index (χ0v) is 28.4. The maximum Gasteiger partial charge on any atom is 0.224 e. The summed E-state index contributed by atoms with van der Waals surface area (Å²) in [7, 11) is 0. The summed E-state index contributed by atoms with van der Waals surface area (Å²) >= 11 is 0. The van der Waals surface area contributed by atoms with E-state index in [2.05, 4.69) is 62.5 Å². The maximum absolute atomic E-state index is 14.1. The number of hydrogen-bond acceptors (Lipinski definition) is 4. The van der Waals surface area contributed by atoms with Crippen molar-refractivity contribution in [2.45, 2.75) is 142 Å². The third-order valence-corrected chi connectivity index (χ3v) is 9.74. The van der Waals surface area contributed by atoms with Gasteiger partial charge in [0.15, 0.2) is 0 Å². The van der Waals surface area contributed by atoms with Gasteiger partial charge in [-0.25, -0.2) is 0 Å². The molecule has 0 saturated heterocycles. The fourth-order valence-corrected chi connectivity index (χ4v) is 7.14. The van der Waals surface area contributed by atoms with Crippen molar-refractivity contribution in [1.29, 1.82) is 0 Å². The molecule has 0 heterocycles. The first-order chi connectivity index (χ1) is 21.8. The number of fused-ring (bicyclic) bond motifs is 1. The molecule has 2 aromatic rings. The van der Waals surface area contributed by atoms with Crippen molar-refractivity contribution in [3.8, 4) is 0 Å². The molecule has 0 aromatic heterocycles. The molecule has 0 bridgehead atoms. The van der Waals surface area contributed by atoms with Gasteiger partial charge in [-0.1, -0.05) is 127 Å². The van der Waals surface area contributed by atoms with Gasteiger partial charge in [0, 0.05) is 30.6 Å². The summed E-state index contributed by atoms with van der Waals surface area (Å²) in [4.78, 5) is 52.0. The maximum atomic E-state index is 14.1. The second kappa shape index (κ2) is 20.3. The summed E-state index contributed by atoms with van der Waals surface area (Å²) in [5, 5.41) is 5.30. The van der Waals surface area contributed by atoms with E-state index in [0.29, 0.717) is 25.7 Å². The minimum absolute atomic E-state index is 0.147. The van der Waals surface area contributed by atoms with E-state index in [1.165, 1.54) is 61.3 Å². The van der Waals surface area contributed by atoms with Crippen LogP contribution in [0, 0.1) is 23.7 Å². The van der Waals surface area contributed by atoms with Crippen molar-refractivity contribution in [2.75, 3.05) is 0 Å². The fourth-order valence-electron chi connectivity index (χ4n) is 7.14. The molecule has 5 nitrogen and oxygen atoms in total. The number of aldehydes is 1. The van der Waals surface area contributed by atoms with E-state index >= 15 is 0 Å². The molecule has 3 rings (SSSR count). The van der Waals surface area contributed by atoms with Crippen LogP contribution in [0.1, 0.15) is 135 Å². The van der Waals surface area contributed by atoms with Gasteiger partial charge in [-0.2, -0.15) is 0 Å². The highest BCUT2D eigenvalue weighted by Crippen LogP contribution is 2.28. The Morgan fingerprint density at radius 2 is 1.58 bits per heavy atom. The number of benzene rings is 2.